The van der Waals surface area contributed by atoms with Crippen molar-refractivity contribution in [1.29, 1.82) is 0 Å². The number of rotatable bonds is 29. The van der Waals surface area contributed by atoms with Crippen LogP contribution in [0.4, 0.5) is 0 Å². The van der Waals surface area contributed by atoms with Crippen LogP contribution >= 0.6 is 19.6 Å². The molecule has 1 N–H and O–H groups in total. The Morgan fingerprint density at radius 3 is 1.80 bits per heavy atom. The highest BCUT2D eigenvalue weighted by Crippen LogP contribution is 2.43. The topological polar surface area (TPSA) is 65.0 Å². The Morgan fingerprint density at radius 1 is 0.780 bits per heavy atom. The van der Waals surface area contributed by atoms with Gasteiger partial charge in [0, 0.05) is 5.75 Å². The molecule has 2 atom stereocenters. The van der Waals surface area contributed by atoms with Gasteiger partial charge in [0.2, 0.25) is 0 Å². The normalized spacial score (nSPS) is 14.3. The molecule has 1 rings (SSSR count). The van der Waals surface area contributed by atoms with E-state index in [-0.39, 0.29) is 19.3 Å². The van der Waals surface area contributed by atoms with Crippen molar-refractivity contribution in [3.8, 4) is 0 Å². The maximum atomic E-state index is 12.4. The van der Waals surface area contributed by atoms with E-state index in [0.717, 1.165) is 17.1 Å². The number of benzene rings is 1. The third-order valence-electron chi connectivity index (χ3n) is 7.21. The second-order valence-electron chi connectivity index (χ2n) is 12.4. The van der Waals surface area contributed by atoms with Crippen LogP contribution in [-0.2, 0) is 25.0 Å². The summed E-state index contributed by atoms with van der Waals surface area (Å²) in [4.78, 5) is 10.1. The van der Waals surface area contributed by atoms with Gasteiger partial charge in [-0.25, -0.2) is 4.57 Å². The van der Waals surface area contributed by atoms with Crippen LogP contribution in [0, 0.1) is 0 Å². The predicted molar refractivity (Wildman–Crippen MR) is 177 cm³/mol. The number of nitrogens with zero attached hydrogens (tertiary/aromatic N) is 1. The molecule has 2 unspecified atom stereocenters. The molecule has 0 heterocycles. The zero-order valence-corrected chi connectivity index (χ0v) is 28.6. The van der Waals surface area contributed by atoms with Crippen LogP contribution in [0.25, 0.3) is 0 Å². The van der Waals surface area contributed by atoms with Crippen LogP contribution < -0.4 is 0 Å². The molecular formula is C33H63NO5PS+. The van der Waals surface area contributed by atoms with Crippen molar-refractivity contribution in [2.75, 3.05) is 52.4 Å². The van der Waals surface area contributed by atoms with Gasteiger partial charge in [0.05, 0.1) is 40.5 Å². The molecule has 8 heteroatoms. The van der Waals surface area contributed by atoms with Crippen molar-refractivity contribution in [3.05, 3.63) is 35.9 Å². The van der Waals surface area contributed by atoms with Crippen LogP contribution in [0.3, 0.4) is 0 Å². The Bertz CT molecular complexity index is 762. The van der Waals surface area contributed by atoms with Gasteiger partial charge in [-0.15, -0.1) is 0 Å². The van der Waals surface area contributed by atoms with E-state index in [2.05, 4.69) is 6.92 Å². The molecule has 0 saturated carbocycles. The van der Waals surface area contributed by atoms with Crippen molar-refractivity contribution < 1.29 is 27.7 Å². The van der Waals surface area contributed by atoms with Gasteiger partial charge in [0.15, 0.2) is 0 Å². The maximum absolute atomic E-state index is 12.4. The van der Waals surface area contributed by atoms with E-state index in [4.69, 9.17) is 13.8 Å². The first-order valence-electron chi connectivity index (χ1n) is 16.4. The smallest absolute Gasteiger partial charge is 0.370 e. The molecule has 0 aliphatic carbocycles. The summed E-state index contributed by atoms with van der Waals surface area (Å²) in [5.74, 6) is 1.80. The number of phosphoric acid groups is 1. The number of unbranched alkanes of at least 4 members (excludes halogenated alkanes) is 15. The van der Waals surface area contributed by atoms with Gasteiger partial charge in [0.1, 0.15) is 13.2 Å². The number of phosphoric ester groups is 1. The number of ether oxygens (including phenoxy) is 1. The van der Waals surface area contributed by atoms with Crippen LogP contribution in [0.5, 0.6) is 0 Å². The summed E-state index contributed by atoms with van der Waals surface area (Å²) >= 11 is 1.84. The minimum Gasteiger partial charge on any atom is -0.370 e. The number of likely N-dealkylation sites (N-methyl/N-ethyl adjacent to an activating group) is 1. The average molecular weight is 617 g/mol. The fraction of sp³-hybridized carbons (Fsp3) is 0.818. The van der Waals surface area contributed by atoms with Gasteiger partial charge in [-0.2, -0.15) is 11.8 Å². The molecule has 6 nitrogen and oxygen atoms in total. The zero-order chi connectivity index (χ0) is 30.1. The molecule has 0 spiro atoms. The third kappa shape index (κ3) is 25.8. The van der Waals surface area contributed by atoms with E-state index in [1.54, 1.807) is 0 Å². The Morgan fingerprint density at radius 2 is 1.29 bits per heavy atom. The van der Waals surface area contributed by atoms with Crippen molar-refractivity contribution in [3.63, 3.8) is 0 Å². The molecule has 0 saturated heterocycles. The van der Waals surface area contributed by atoms with E-state index in [9.17, 15) is 9.46 Å². The van der Waals surface area contributed by atoms with E-state index in [0.29, 0.717) is 17.6 Å². The lowest BCUT2D eigenvalue weighted by molar-refractivity contribution is -0.870. The van der Waals surface area contributed by atoms with E-state index in [1.807, 2.05) is 63.2 Å². The van der Waals surface area contributed by atoms with Gasteiger partial charge >= 0.3 is 7.82 Å². The zero-order valence-electron chi connectivity index (χ0n) is 26.9. The van der Waals surface area contributed by atoms with Crippen molar-refractivity contribution in [1.82, 2.24) is 0 Å². The maximum Gasteiger partial charge on any atom is 0.472 e. The predicted octanol–water partition coefficient (Wildman–Crippen LogP) is 9.41. The van der Waals surface area contributed by atoms with Gasteiger partial charge in [-0.05, 0) is 17.7 Å². The molecule has 0 aliphatic heterocycles. The highest BCUT2D eigenvalue weighted by atomic mass is 32.2. The summed E-state index contributed by atoms with van der Waals surface area (Å²) < 4.78 is 29.6. The van der Waals surface area contributed by atoms with Gasteiger partial charge in [0.25, 0.3) is 0 Å². The summed E-state index contributed by atoms with van der Waals surface area (Å²) in [6.45, 7) is 3.56. The Kier molecular flexibility index (Phi) is 23.5. The number of hydrogen-bond acceptors (Lipinski definition) is 5. The summed E-state index contributed by atoms with van der Waals surface area (Å²) in [5.41, 5.74) is 1.08. The first kappa shape index (κ1) is 38.6. The number of thioether (sulfide) groups is 1. The second-order valence-corrected chi connectivity index (χ2v) is 15.0. The first-order chi connectivity index (χ1) is 19.7. The molecule has 0 fully saturated rings. The van der Waals surface area contributed by atoms with Crippen molar-refractivity contribution >= 4 is 19.6 Å². The molecule has 0 bridgehead atoms. The van der Waals surface area contributed by atoms with E-state index in [1.165, 1.54) is 103 Å². The van der Waals surface area contributed by atoms with E-state index < -0.39 is 7.82 Å². The standard InChI is InChI=1S/C33H62NO5PS/c1-5-6-7-8-9-10-11-12-13-14-15-16-17-18-19-23-28-41-31-33(37-29-32-24-21-20-22-25-32)30-39-40(35,36)38-27-26-34(2,3)4/h20-22,24-25,33H,5-19,23,26-31H2,1-4H3/p+1. The van der Waals surface area contributed by atoms with Gasteiger partial charge in [-0.3, -0.25) is 9.05 Å². The molecule has 1 aromatic rings. The quantitative estimate of drug-likeness (QED) is 0.0550. The Labute approximate surface area is 257 Å². The lowest BCUT2D eigenvalue weighted by Crippen LogP contribution is -2.37. The monoisotopic (exact) mass is 616 g/mol. The van der Waals surface area contributed by atoms with Crippen LogP contribution in [0.1, 0.15) is 115 Å². The van der Waals surface area contributed by atoms with Crippen molar-refractivity contribution in [2.24, 2.45) is 0 Å². The number of hydrogen-bond donors (Lipinski definition) is 1. The SMILES string of the molecule is CCCCCCCCCCCCCCCCCCSCC(COP(=O)(O)OCC[N+](C)(C)C)OCc1ccccc1. The second kappa shape index (κ2) is 25.0. The Hall–Kier alpha value is -0.400. The third-order valence-corrected chi connectivity index (χ3v) is 9.38. The summed E-state index contributed by atoms with van der Waals surface area (Å²) in [7, 11) is 1.93. The van der Waals surface area contributed by atoms with Crippen LogP contribution in [-0.4, -0.2) is 67.9 Å². The van der Waals surface area contributed by atoms with Gasteiger partial charge < -0.3 is 14.1 Å². The Balaban J connectivity index is 2.13. The molecule has 240 valence electrons. The fourth-order valence-electron chi connectivity index (χ4n) is 4.54. The molecular weight excluding hydrogens is 553 g/mol. The highest BCUT2D eigenvalue weighted by Gasteiger charge is 2.25. The lowest BCUT2D eigenvalue weighted by Gasteiger charge is -2.24. The molecule has 1 aromatic carbocycles. The summed E-state index contributed by atoms with van der Waals surface area (Å²) in [6.07, 6.45) is 21.7. The molecule has 41 heavy (non-hydrogen) atoms. The summed E-state index contributed by atoms with van der Waals surface area (Å²) in [5, 5.41) is 0. The van der Waals surface area contributed by atoms with Crippen LogP contribution in [0.15, 0.2) is 30.3 Å². The summed E-state index contributed by atoms with van der Waals surface area (Å²) in [6, 6.07) is 9.99. The highest BCUT2D eigenvalue weighted by molar-refractivity contribution is 7.99. The first-order valence-corrected chi connectivity index (χ1v) is 19.0. The largest absolute Gasteiger partial charge is 0.472 e. The average Bonchev–Trinajstić information content (AvgIpc) is 2.93. The minimum atomic E-state index is -4.11. The fourth-order valence-corrected chi connectivity index (χ4v) is 6.32. The van der Waals surface area contributed by atoms with Crippen LogP contribution in [0.2, 0.25) is 0 Å². The molecule has 0 amide bonds. The minimum absolute atomic E-state index is 0.0386. The number of quaternary nitrogens is 1. The lowest BCUT2D eigenvalue weighted by atomic mass is 10.0. The molecule has 0 radical (unpaired) electrons. The molecule has 0 aromatic heterocycles. The molecule has 0 aliphatic rings. The van der Waals surface area contributed by atoms with Crippen molar-refractivity contribution in [2.45, 2.75) is 122 Å². The van der Waals surface area contributed by atoms with E-state index >= 15 is 0 Å². The van der Waals surface area contributed by atoms with Gasteiger partial charge in [-0.1, -0.05) is 134 Å².